The lowest BCUT2D eigenvalue weighted by atomic mass is 10.1. The second-order valence-electron chi connectivity index (χ2n) is 4.98. The van der Waals surface area contributed by atoms with Crippen molar-refractivity contribution in [1.82, 2.24) is 0 Å². The minimum Gasteiger partial charge on any atom is -0.455 e. The molecule has 0 N–H and O–H groups in total. The first-order chi connectivity index (χ1) is 12.2. The lowest BCUT2D eigenvalue weighted by Crippen LogP contribution is -2.21. The van der Waals surface area contributed by atoms with Gasteiger partial charge >= 0.3 is 16.6 Å². The van der Waals surface area contributed by atoms with Gasteiger partial charge in [-0.2, -0.15) is 13.2 Å². The molecular weight excluding hydrogens is 383 g/mol. The van der Waals surface area contributed by atoms with Crippen LogP contribution in [0.15, 0.2) is 40.8 Å². The number of benzene rings is 2. The first kappa shape index (κ1) is 18.1. The normalized spacial score (nSPS) is 13.0. The summed E-state index contributed by atoms with van der Waals surface area (Å²) in [5, 5.41) is -0.434. The summed E-state index contributed by atoms with van der Waals surface area (Å²) in [5.74, 6) is -2.93. The van der Waals surface area contributed by atoms with Crippen molar-refractivity contribution in [3.05, 3.63) is 53.6 Å². The Morgan fingerprint density at radius 1 is 1.04 bits per heavy atom. The van der Waals surface area contributed by atoms with Crippen LogP contribution in [0, 0.1) is 11.6 Å². The molecule has 0 spiro atoms. The molecule has 0 bridgehead atoms. The molecule has 0 aliphatic rings. The van der Waals surface area contributed by atoms with Gasteiger partial charge in [-0.05, 0) is 36.4 Å². The third-order valence-electron chi connectivity index (χ3n) is 3.37. The smallest absolute Gasteiger partial charge is 0.455 e. The number of carbonyl (C=O) groups excluding carboxylic acids is 1. The summed E-state index contributed by atoms with van der Waals surface area (Å²) < 4.78 is 85.1. The van der Waals surface area contributed by atoms with Gasteiger partial charge in [0.2, 0.25) is 0 Å². The largest absolute Gasteiger partial charge is 0.508 e. The second-order valence-corrected chi connectivity index (χ2v) is 6.08. The van der Waals surface area contributed by atoms with Crippen LogP contribution in [0.3, 0.4) is 0 Å². The summed E-state index contributed by atoms with van der Waals surface area (Å²) in [5.41, 5.74) is -5.39. The average Bonchev–Trinajstić information content (AvgIpc) is 2.96. The summed E-state index contributed by atoms with van der Waals surface area (Å²) in [6.45, 7) is 0. The lowest BCUT2D eigenvalue weighted by Gasteiger charge is -2.08. The number of furan rings is 1. The third kappa shape index (κ3) is 3.19. The number of carbonyl (C=O) groups is 1. The van der Waals surface area contributed by atoms with Crippen molar-refractivity contribution in [2.75, 3.05) is 0 Å². The van der Waals surface area contributed by atoms with Crippen LogP contribution in [0.4, 0.5) is 22.0 Å². The van der Waals surface area contributed by atoms with Crippen LogP contribution in [0.5, 0.6) is 5.75 Å². The van der Waals surface area contributed by atoms with Crippen LogP contribution < -0.4 is 4.18 Å². The highest BCUT2D eigenvalue weighted by Gasteiger charge is 2.40. The quantitative estimate of drug-likeness (QED) is 0.477. The van der Waals surface area contributed by atoms with Crippen LogP contribution in [0.2, 0.25) is 0 Å². The average molecular weight is 390 g/mol. The van der Waals surface area contributed by atoms with E-state index in [1.54, 1.807) is 0 Å². The maximum Gasteiger partial charge on any atom is 0.508 e. The highest BCUT2D eigenvalue weighted by atomic mass is 32.2. The Kier molecular flexibility index (Phi) is 4.53. The minimum absolute atomic E-state index is 0.0945. The van der Waals surface area contributed by atoms with E-state index in [9.17, 15) is 31.0 Å². The van der Waals surface area contributed by atoms with E-state index in [4.69, 9.17) is 4.42 Å². The van der Waals surface area contributed by atoms with Crippen LogP contribution in [-0.4, -0.2) is 16.0 Å². The van der Waals surface area contributed by atoms with Crippen molar-refractivity contribution in [1.29, 1.82) is 0 Å². The number of rotatable bonds is 4. The summed E-state index contributed by atoms with van der Waals surface area (Å²) in [6, 6.07) is 6.63. The molecule has 0 aliphatic heterocycles. The van der Waals surface area contributed by atoms with E-state index in [1.165, 1.54) is 12.1 Å². The SMILES string of the molecule is O=Cc1c(-c2ccc(F)cc2)oc2ccc(OS(=O)C(F)(F)F)c(F)c12. The van der Waals surface area contributed by atoms with E-state index in [-0.39, 0.29) is 28.8 Å². The Morgan fingerprint density at radius 3 is 2.27 bits per heavy atom. The Bertz CT molecular complexity index is 1010. The molecule has 1 atom stereocenters. The van der Waals surface area contributed by atoms with Gasteiger partial charge in [-0.25, -0.2) is 13.0 Å². The van der Waals surface area contributed by atoms with Crippen molar-refractivity contribution >= 4 is 28.3 Å². The Balaban J connectivity index is 2.15. The van der Waals surface area contributed by atoms with Crippen LogP contribution in [0.25, 0.3) is 22.3 Å². The molecule has 0 aliphatic carbocycles. The molecule has 136 valence electrons. The van der Waals surface area contributed by atoms with Gasteiger partial charge < -0.3 is 8.60 Å². The molecular formula is C16H7F5O4S. The van der Waals surface area contributed by atoms with E-state index >= 15 is 0 Å². The highest BCUT2D eigenvalue weighted by molar-refractivity contribution is 7.81. The molecule has 1 unspecified atom stereocenters. The third-order valence-corrected chi connectivity index (χ3v) is 4.08. The maximum atomic E-state index is 14.6. The lowest BCUT2D eigenvalue weighted by molar-refractivity contribution is -0.0438. The zero-order valence-corrected chi connectivity index (χ0v) is 13.3. The van der Waals surface area contributed by atoms with E-state index in [0.717, 1.165) is 24.3 Å². The number of halogens is 5. The van der Waals surface area contributed by atoms with Crippen molar-refractivity contribution in [3.8, 4) is 17.1 Å². The minimum atomic E-state index is -5.20. The van der Waals surface area contributed by atoms with Crippen LogP contribution in [0.1, 0.15) is 10.4 Å². The fourth-order valence-corrected chi connectivity index (χ4v) is 2.66. The molecule has 2 aromatic carbocycles. The molecule has 0 saturated heterocycles. The van der Waals surface area contributed by atoms with Gasteiger partial charge in [0.05, 0.1) is 10.9 Å². The van der Waals surface area contributed by atoms with Gasteiger partial charge in [0.1, 0.15) is 17.2 Å². The highest BCUT2D eigenvalue weighted by Crippen LogP contribution is 2.38. The zero-order chi connectivity index (χ0) is 19.1. The molecule has 0 radical (unpaired) electrons. The molecule has 0 amide bonds. The summed E-state index contributed by atoms with van der Waals surface area (Å²) in [6.07, 6.45) is 0.248. The molecule has 1 heterocycles. The fourth-order valence-electron chi connectivity index (χ4n) is 2.28. The van der Waals surface area contributed by atoms with Crippen LogP contribution in [-0.2, 0) is 11.1 Å². The molecule has 0 fully saturated rings. The predicted octanol–water partition coefficient (Wildman–Crippen LogP) is 4.75. The molecule has 4 nitrogen and oxygen atoms in total. The molecule has 1 aromatic heterocycles. The maximum absolute atomic E-state index is 14.6. The second kappa shape index (κ2) is 6.52. The van der Waals surface area contributed by atoms with E-state index in [2.05, 4.69) is 4.18 Å². The number of fused-ring (bicyclic) bond motifs is 1. The molecule has 3 aromatic rings. The van der Waals surface area contributed by atoms with E-state index in [1.807, 2.05) is 0 Å². The van der Waals surface area contributed by atoms with Gasteiger partial charge in [0.15, 0.2) is 17.9 Å². The predicted molar refractivity (Wildman–Crippen MR) is 81.8 cm³/mol. The summed E-state index contributed by atoms with van der Waals surface area (Å²) >= 11 is -3.78. The van der Waals surface area contributed by atoms with Gasteiger partial charge in [0.25, 0.3) is 0 Å². The van der Waals surface area contributed by atoms with Gasteiger partial charge in [0, 0.05) is 5.56 Å². The fraction of sp³-hybridized carbons (Fsp3) is 0.0625. The Labute approximate surface area is 144 Å². The number of hydrogen-bond acceptors (Lipinski definition) is 4. The Hall–Kier alpha value is -2.75. The molecule has 0 saturated carbocycles. The molecule has 10 heteroatoms. The summed E-state index contributed by atoms with van der Waals surface area (Å²) in [7, 11) is 0. The first-order valence-corrected chi connectivity index (χ1v) is 7.93. The van der Waals surface area contributed by atoms with E-state index < -0.39 is 39.4 Å². The van der Waals surface area contributed by atoms with Gasteiger partial charge in [-0.1, -0.05) is 0 Å². The summed E-state index contributed by atoms with van der Waals surface area (Å²) in [4.78, 5) is 11.4. The molecule has 3 rings (SSSR count). The van der Waals surface area contributed by atoms with Crippen molar-refractivity contribution < 1.29 is 39.6 Å². The monoisotopic (exact) mass is 390 g/mol. The number of aldehydes is 1. The standard InChI is InChI=1S/C16H7F5O4S/c17-9-3-1-8(2-4-9)15-10(7-22)13-11(24-15)5-6-12(14(13)18)25-26(23)16(19,20)21/h1-7H. The van der Waals surface area contributed by atoms with Crippen molar-refractivity contribution in [2.24, 2.45) is 0 Å². The van der Waals surface area contributed by atoms with Gasteiger partial charge in [-0.15, -0.1) is 0 Å². The molecule has 26 heavy (non-hydrogen) atoms. The number of alkyl halides is 3. The zero-order valence-electron chi connectivity index (χ0n) is 12.5. The van der Waals surface area contributed by atoms with E-state index in [0.29, 0.717) is 0 Å². The van der Waals surface area contributed by atoms with Crippen molar-refractivity contribution in [3.63, 3.8) is 0 Å². The van der Waals surface area contributed by atoms with Crippen LogP contribution >= 0.6 is 0 Å². The van der Waals surface area contributed by atoms with Gasteiger partial charge in [-0.3, -0.25) is 4.79 Å². The Morgan fingerprint density at radius 2 is 1.69 bits per heavy atom. The topological polar surface area (TPSA) is 56.5 Å². The van der Waals surface area contributed by atoms with Crippen molar-refractivity contribution in [2.45, 2.75) is 5.51 Å². The number of hydrogen-bond donors (Lipinski definition) is 0. The first-order valence-electron chi connectivity index (χ1n) is 6.85.